The second-order valence-corrected chi connectivity index (χ2v) is 26.7. The van der Waals surface area contributed by atoms with Gasteiger partial charge in [-0.05, 0) is 152 Å². The van der Waals surface area contributed by atoms with E-state index in [4.69, 9.17) is 77.8 Å². The first-order chi connectivity index (χ1) is 51.8. The van der Waals surface area contributed by atoms with Gasteiger partial charge in [-0.3, -0.25) is 14.8 Å². The van der Waals surface area contributed by atoms with Crippen molar-refractivity contribution in [2.45, 2.75) is 111 Å². The highest BCUT2D eigenvalue weighted by Crippen LogP contribution is 2.42. The number of ether oxygens (including phenoxy) is 9. The zero-order valence-corrected chi connectivity index (χ0v) is 64.1. The minimum Gasteiger partial charge on any atom is -0.493 e. The van der Waals surface area contributed by atoms with Gasteiger partial charge in [0.25, 0.3) is 0 Å². The van der Waals surface area contributed by atoms with Crippen molar-refractivity contribution in [3.63, 3.8) is 0 Å². The molecule has 9 aromatic rings. The number of carbonyl (C=O) groups is 2. The molecule has 1 atom stereocenters. The van der Waals surface area contributed by atoms with Crippen molar-refractivity contribution in [2.75, 3.05) is 80.4 Å². The number of hydrogen-bond acceptors (Lipinski definition) is 22. The van der Waals surface area contributed by atoms with Gasteiger partial charge in [0.2, 0.25) is 0 Å². The predicted molar refractivity (Wildman–Crippen MR) is 416 cm³/mol. The van der Waals surface area contributed by atoms with Crippen LogP contribution in [0.3, 0.4) is 0 Å². The molecular formula is C82H93Cl3N10O13. The second-order valence-electron chi connectivity index (χ2n) is 25.8. The predicted octanol–water partition coefficient (Wildman–Crippen LogP) is 13.6. The zero-order chi connectivity index (χ0) is 76.4. The number of imidazole rings is 1. The quantitative estimate of drug-likeness (QED) is 0.0215. The average Bonchev–Trinajstić information content (AvgIpc) is 1.52. The van der Waals surface area contributed by atoms with Crippen molar-refractivity contribution in [3.8, 4) is 86.0 Å². The fourth-order valence-corrected chi connectivity index (χ4v) is 12.7. The van der Waals surface area contributed by atoms with Crippen LogP contribution in [0.4, 0.5) is 0 Å². The van der Waals surface area contributed by atoms with Crippen LogP contribution < -0.4 is 44.6 Å². The molecule has 11 rings (SSSR count). The van der Waals surface area contributed by atoms with Gasteiger partial charge in [0.15, 0.2) is 11.5 Å². The summed E-state index contributed by atoms with van der Waals surface area (Å²) >= 11 is 13.4. The summed E-state index contributed by atoms with van der Waals surface area (Å²) in [6.07, 6.45) is 12.6. The molecule has 26 heteroatoms. The number of rotatable bonds is 29. The van der Waals surface area contributed by atoms with E-state index < -0.39 is 18.0 Å². The number of nitrogens with two attached hydrogens (primary N) is 2. The third kappa shape index (κ3) is 23.2. The van der Waals surface area contributed by atoms with Gasteiger partial charge < -0.3 is 79.1 Å². The summed E-state index contributed by atoms with van der Waals surface area (Å²) in [5.41, 5.74) is 23.9. The SMILES string of the molecule is COC(=O)C(N)CN.COC(=O)c1cnc(-c2cc(Cl)c(OCc3cccc(-c4cccc(OCCCN5CCC(O)CC5)c4C)c3C)cc2OCc2cncc(C#N)c2)[nH]1.COc1cc(Cl)c(OCc2cccc(-c3cccc(OCCCN4CCC(O)CC4)c3C)c2C)cc1OCc1cncc(C#N)c1.Cl. The number of aromatic nitrogens is 4. The number of carbonyl (C=O) groups excluding carboxylic acids is 2. The molecule has 0 spiro atoms. The molecule has 1 unspecified atom stereocenters. The fourth-order valence-electron chi connectivity index (χ4n) is 12.3. The largest absolute Gasteiger partial charge is 0.493 e. The van der Waals surface area contributed by atoms with Crippen LogP contribution in [0.1, 0.15) is 105 Å². The molecular weight excluding hydrogens is 1440 g/mol. The molecule has 7 N–H and O–H groups in total. The van der Waals surface area contributed by atoms with Crippen LogP contribution in [0, 0.1) is 50.4 Å². The van der Waals surface area contributed by atoms with Crippen molar-refractivity contribution in [1.82, 2.24) is 29.7 Å². The first-order valence-electron chi connectivity index (χ1n) is 35.3. The smallest absolute Gasteiger partial charge is 0.356 e. The number of H-pyrrole nitrogens is 1. The number of aromatic amines is 1. The van der Waals surface area contributed by atoms with Crippen molar-refractivity contribution in [1.29, 1.82) is 10.5 Å². The minimum atomic E-state index is -0.667. The standard InChI is InChI=1S/C41H42ClN5O6.C37H40ClN3O5.C4H10N2O2.ClH/c1-26-30(7-4-8-32(26)33-9-5-10-37(27(33)2)51-16-6-13-47-14-11-31(48)12-15-47)25-53-39-19-38(52-24-29-17-28(20-43)21-44-22-29)34(18-35(39)42)40-45-23-36(46-40)41(49)50-3;1-25-29(24-46-35-19-37(36(43-3)18-33(35)38)45-23-28-17-27(20-39)21-40-22-28)7-4-8-31(25)32-9-5-10-34(26(32)2)44-16-6-13-41-14-11-30(42)12-15-41;1-8-4(7)3(6)2-5;/h4-5,7-10,17-19,21-23,31,48H,6,11-16,24-25H2,1-3H3,(H,45,46);4-5,7-10,17-19,21-22,30,42H,6,11-16,23-24H2,1-3H3;3H,2,5-6H2,1H3;1H. The van der Waals surface area contributed by atoms with Gasteiger partial charge in [-0.25, -0.2) is 9.78 Å². The first-order valence-corrected chi connectivity index (χ1v) is 36.1. The number of methoxy groups -OCH3 is 3. The summed E-state index contributed by atoms with van der Waals surface area (Å²) in [5.74, 6) is 3.28. The van der Waals surface area contributed by atoms with Gasteiger partial charge in [0, 0.05) is 99.9 Å². The Balaban J connectivity index is 0.000000247. The highest BCUT2D eigenvalue weighted by Gasteiger charge is 2.23. The maximum atomic E-state index is 12.1. The fraction of sp³-hybridized carbons (Fsp3) is 0.354. The van der Waals surface area contributed by atoms with Gasteiger partial charge in [-0.1, -0.05) is 83.9 Å². The molecule has 108 heavy (non-hydrogen) atoms. The van der Waals surface area contributed by atoms with Crippen molar-refractivity contribution < 1.29 is 62.4 Å². The molecule has 0 amide bonds. The molecule has 570 valence electrons. The number of likely N-dealkylation sites (tertiary alicyclic amines) is 2. The highest BCUT2D eigenvalue weighted by atomic mass is 35.5. The molecule has 0 radical (unpaired) electrons. The maximum Gasteiger partial charge on any atom is 0.356 e. The van der Waals surface area contributed by atoms with E-state index in [1.165, 1.54) is 32.8 Å². The minimum absolute atomic E-state index is 0. The number of aliphatic hydroxyl groups is 2. The second kappa shape index (κ2) is 41.9. The number of aliphatic hydroxyl groups excluding tert-OH is 2. The lowest BCUT2D eigenvalue weighted by Crippen LogP contribution is -2.38. The third-order valence-electron chi connectivity index (χ3n) is 18.6. The average molecular weight is 1530 g/mol. The Bertz CT molecular complexity index is 4550. The van der Waals surface area contributed by atoms with E-state index >= 15 is 0 Å². The Morgan fingerprint density at radius 1 is 0.546 bits per heavy atom. The van der Waals surface area contributed by atoms with Crippen molar-refractivity contribution in [2.24, 2.45) is 11.5 Å². The number of nitrogens with one attached hydrogen (secondary N) is 1. The summed E-state index contributed by atoms with van der Waals surface area (Å²) in [7, 11) is 4.12. The summed E-state index contributed by atoms with van der Waals surface area (Å²) in [6, 6.07) is 38.4. The molecule has 5 heterocycles. The number of piperidine rings is 2. The molecule has 0 aliphatic carbocycles. The van der Waals surface area contributed by atoms with E-state index in [1.807, 2.05) is 42.5 Å². The molecule has 0 bridgehead atoms. The van der Waals surface area contributed by atoms with Gasteiger partial charge in [0.05, 0.1) is 79.7 Å². The lowest BCUT2D eigenvalue weighted by molar-refractivity contribution is -0.141. The Hall–Kier alpha value is -10.0. The van der Waals surface area contributed by atoms with Crippen LogP contribution in [0.15, 0.2) is 140 Å². The Morgan fingerprint density at radius 3 is 1.44 bits per heavy atom. The number of esters is 2. The number of benzene rings is 6. The third-order valence-corrected chi connectivity index (χ3v) is 19.1. The lowest BCUT2D eigenvalue weighted by Gasteiger charge is -2.29. The van der Waals surface area contributed by atoms with E-state index in [0.717, 1.165) is 150 Å². The Morgan fingerprint density at radius 2 is 0.991 bits per heavy atom. The maximum absolute atomic E-state index is 12.1. The van der Waals surface area contributed by atoms with E-state index in [9.17, 15) is 25.1 Å². The number of hydrogen-bond donors (Lipinski definition) is 5. The summed E-state index contributed by atoms with van der Waals surface area (Å²) in [5, 5.41) is 38.7. The normalized spacial score (nSPS) is 13.3. The van der Waals surface area contributed by atoms with Crippen molar-refractivity contribution in [3.05, 3.63) is 212 Å². The lowest BCUT2D eigenvalue weighted by atomic mass is 9.93. The zero-order valence-electron chi connectivity index (χ0n) is 61.8. The monoisotopic (exact) mass is 1530 g/mol. The van der Waals surface area contributed by atoms with Crippen LogP contribution in [0.25, 0.3) is 33.6 Å². The van der Waals surface area contributed by atoms with Crippen LogP contribution in [0.2, 0.25) is 10.0 Å². The number of nitriles is 2. The molecule has 3 aromatic heterocycles. The number of nitrogens with zero attached hydrogens (tertiary/aromatic N) is 7. The van der Waals surface area contributed by atoms with Crippen LogP contribution in [0.5, 0.6) is 40.2 Å². The van der Waals surface area contributed by atoms with Crippen LogP contribution in [-0.2, 0) is 40.7 Å². The van der Waals surface area contributed by atoms with Gasteiger partial charge in [-0.15, -0.1) is 12.4 Å². The molecule has 2 aliphatic rings. The van der Waals surface area contributed by atoms with Crippen LogP contribution >= 0.6 is 35.6 Å². The van der Waals surface area contributed by atoms with Gasteiger partial charge in [0.1, 0.15) is 84.9 Å². The molecule has 23 nitrogen and oxygen atoms in total. The van der Waals surface area contributed by atoms with Gasteiger partial charge in [-0.2, -0.15) is 10.5 Å². The summed E-state index contributed by atoms with van der Waals surface area (Å²) in [4.78, 5) is 42.8. The molecule has 2 saturated heterocycles. The molecule has 6 aromatic carbocycles. The Kier molecular flexibility index (Phi) is 32.5. The van der Waals surface area contributed by atoms with Crippen LogP contribution in [-0.4, -0.2) is 150 Å². The topological polar surface area (TPSA) is 318 Å². The van der Waals surface area contributed by atoms with E-state index in [-0.39, 0.29) is 56.7 Å². The number of pyridine rings is 2. The van der Waals surface area contributed by atoms with Gasteiger partial charge >= 0.3 is 11.9 Å². The van der Waals surface area contributed by atoms with E-state index in [1.54, 1.807) is 55.9 Å². The highest BCUT2D eigenvalue weighted by molar-refractivity contribution is 6.32. The number of halogens is 3. The van der Waals surface area contributed by atoms with E-state index in [0.29, 0.717) is 86.7 Å². The molecule has 2 aliphatic heterocycles. The summed E-state index contributed by atoms with van der Waals surface area (Å²) < 4.78 is 51.9. The summed E-state index contributed by atoms with van der Waals surface area (Å²) in [6.45, 7) is 16.3. The van der Waals surface area contributed by atoms with Crippen molar-refractivity contribution >= 4 is 47.5 Å². The molecule has 2 fully saturated rings. The Labute approximate surface area is 646 Å². The van der Waals surface area contributed by atoms with E-state index in [2.05, 4.69) is 105 Å². The first kappa shape index (κ1) is 83.6. The molecule has 0 saturated carbocycles.